The van der Waals surface area contributed by atoms with E-state index in [1.54, 1.807) is 12.4 Å². The fraction of sp³-hybridized carbons (Fsp3) is 0.300. The molecular formula is C20H23N3O2. The third kappa shape index (κ3) is 3.88. The molecule has 1 aromatic carbocycles. The van der Waals surface area contributed by atoms with Gasteiger partial charge in [-0.15, -0.1) is 0 Å². The molecule has 0 aliphatic heterocycles. The summed E-state index contributed by atoms with van der Waals surface area (Å²) < 4.78 is 7.80. The highest BCUT2D eigenvalue weighted by Gasteiger charge is 2.13. The molecule has 0 aliphatic rings. The largest absolute Gasteiger partial charge is 0.490 e. The fourth-order valence-corrected chi connectivity index (χ4v) is 2.79. The zero-order chi connectivity index (χ0) is 17.8. The number of benzene rings is 1. The Balaban J connectivity index is 1.68. The Bertz CT molecular complexity index is 843. The van der Waals surface area contributed by atoms with E-state index in [2.05, 4.69) is 23.0 Å². The summed E-state index contributed by atoms with van der Waals surface area (Å²) in [5.74, 6) is 1.59. The van der Waals surface area contributed by atoms with Gasteiger partial charge in [0.2, 0.25) is 0 Å². The van der Waals surface area contributed by atoms with Crippen molar-refractivity contribution in [2.45, 2.75) is 33.4 Å². The van der Waals surface area contributed by atoms with Crippen LogP contribution in [0.25, 0.3) is 11.5 Å². The number of imidazole rings is 1. The summed E-state index contributed by atoms with van der Waals surface area (Å²) in [6.07, 6.45) is 4.65. The number of hydrogen-bond donors (Lipinski definition) is 1. The van der Waals surface area contributed by atoms with Gasteiger partial charge in [-0.25, -0.2) is 4.98 Å². The molecule has 1 unspecified atom stereocenters. The molecule has 3 aromatic rings. The van der Waals surface area contributed by atoms with E-state index in [0.717, 1.165) is 28.4 Å². The maximum Gasteiger partial charge on any atom is 0.158 e. The normalized spacial score (nSPS) is 12.2. The maximum atomic E-state index is 10.4. The van der Waals surface area contributed by atoms with E-state index in [-0.39, 0.29) is 6.61 Å². The zero-order valence-corrected chi connectivity index (χ0v) is 14.8. The van der Waals surface area contributed by atoms with Crippen LogP contribution in [0.15, 0.2) is 48.9 Å². The molecule has 0 fully saturated rings. The lowest BCUT2D eigenvalue weighted by atomic mass is 10.1. The fourth-order valence-electron chi connectivity index (χ4n) is 2.79. The van der Waals surface area contributed by atoms with Gasteiger partial charge >= 0.3 is 0 Å². The molecule has 3 rings (SSSR count). The molecule has 0 radical (unpaired) electrons. The summed E-state index contributed by atoms with van der Waals surface area (Å²) in [5, 5.41) is 10.4. The van der Waals surface area contributed by atoms with Crippen molar-refractivity contribution in [2.75, 3.05) is 6.61 Å². The molecule has 0 saturated heterocycles. The number of aryl methyl sites for hydroxylation is 2. The standard InChI is InChI=1S/C20H23N3O2/c1-14-7-8-15(2)19(16(14)3)25-13-17(24)12-23-11-10-22-20(23)18-6-4-5-9-21-18/h4-11,17,24H,12-13H2,1-3H3. The lowest BCUT2D eigenvalue weighted by Crippen LogP contribution is -2.24. The Morgan fingerprint density at radius 1 is 1.04 bits per heavy atom. The Hall–Kier alpha value is -2.66. The highest BCUT2D eigenvalue weighted by molar-refractivity contribution is 5.49. The van der Waals surface area contributed by atoms with Crippen LogP contribution in [0.5, 0.6) is 5.75 Å². The van der Waals surface area contributed by atoms with E-state index in [4.69, 9.17) is 4.74 Å². The first-order valence-corrected chi connectivity index (χ1v) is 8.36. The van der Waals surface area contributed by atoms with Gasteiger partial charge < -0.3 is 14.4 Å². The number of rotatable bonds is 6. The molecule has 130 valence electrons. The second kappa shape index (κ2) is 7.49. The Morgan fingerprint density at radius 2 is 1.84 bits per heavy atom. The van der Waals surface area contributed by atoms with Gasteiger partial charge in [0, 0.05) is 18.6 Å². The van der Waals surface area contributed by atoms with E-state index in [0.29, 0.717) is 6.54 Å². The predicted molar refractivity (Wildman–Crippen MR) is 97.6 cm³/mol. The predicted octanol–water partition coefficient (Wildman–Crippen LogP) is 3.31. The van der Waals surface area contributed by atoms with Crippen LogP contribution < -0.4 is 4.74 Å². The van der Waals surface area contributed by atoms with Gasteiger partial charge in [0.25, 0.3) is 0 Å². The summed E-state index contributed by atoms with van der Waals surface area (Å²) in [6.45, 7) is 6.74. The Labute approximate surface area is 148 Å². The zero-order valence-electron chi connectivity index (χ0n) is 14.8. The minimum atomic E-state index is -0.643. The average molecular weight is 337 g/mol. The topological polar surface area (TPSA) is 60.2 Å². The quantitative estimate of drug-likeness (QED) is 0.750. The monoisotopic (exact) mass is 337 g/mol. The van der Waals surface area contributed by atoms with Crippen LogP contribution in [-0.4, -0.2) is 32.4 Å². The molecule has 0 bridgehead atoms. The van der Waals surface area contributed by atoms with Crippen LogP contribution in [0.3, 0.4) is 0 Å². The molecule has 0 saturated carbocycles. The maximum absolute atomic E-state index is 10.4. The van der Waals surface area contributed by atoms with Gasteiger partial charge in [-0.2, -0.15) is 0 Å². The molecule has 0 spiro atoms. The van der Waals surface area contributed by atoms with Crippen molar-refractivity contribution in [1.29, 1.82) is 0 Å². The van der Waals surface area contributed by atoms with Crippen LogP contribution in [0, 0.1) is 20.8 Å². The van der Waals surface area contributed by atoms with E-state index >= 15 is 0 Å². The third-order valence-corrected chi connectivity index (χ3v) is 4.31. The third-order valence-electron chi connectivity index (χ3n) is 4.31. The number of nitrogens with zero attached hydrogens (tertiary/aromatic N) is 3. The highest BCUT2D eigenvalue weighted by atomic mass is 16.5. The van der Waals surface area contributed by atoms with Crippen molar-refractivity contribution in [2.24, 2.45) is 0 Å². The Kier molecular flexibility index (Phi) is 5.14. The van der Waals surface area contributed by atoms with Crippen molar-refractivity contribution in [3.8, 4) is 17.3 Å². The first kappa shape index (κ1) is 17.2. The van der Waals surface area contributed by atoms with Crippen LogP contribution in [0.1, 0.15) is 16.7 Å². The number of aliphatic hydroxyl groups excluding tert-OH is 1. The van der Waals surface area contributed by atoms with Crippen molar-refractivity contribution < 1.29 is 9.84 Å². The molecule has 5 heteroatoms. The summed E-state index contributed by atoms with van der Waals surface area (Å²) in [4.78, 5) is 8.67. The number of aromatic nitrogens is 3. The van der Waals surface area contributed by atoms with Crippen LogP contribution in [-0.2, 0) is 6.54 Å². The molecule has 2 heterocycles. The molecule has 1 N–H and O–H groups in total. The van der Waals surface area contributed by atoms with Crippen molar-refractivity contribution >= 4 is 0 Å². The summed E-state index contributed by atoms with van der Waals surface area (Å²) in [5.41, 5.74) is 4.16. The SMILES string of the molecule is Cc1ccc(C)c(OCC(O)Cn2ccnc2-c2ccccn2)c1C. The van der Waals surface area contributed by atoms with Crippen molar-refractivity contribution in [3.05, 3.63) is 65.6 Å². The van der Waals surface area contributed by atoms with E-state index in [1.165, 1.54) is 5.56 Å². The smallest absolute Gasteiger partial charge is 0.158 e. The Morgan fingerprint density at radius 3 is 2.60 bits per heavy atom. The van der Waals surface area contributed by atoms with Crippen LogP contribution >= 0.6 is 0 Å². The van der Waals surface area contributed by atoms with Gasteiger partial charge in [0.15, 0.2) is 5.82 Å². The molecule has 1 atom stereocenters. The number of aliphatic hydroxyl groups is 1. The van der Waals surface area contributed by atoms with Gasteiger partial charge in [-0.1, -0.05) is 18.2 Å². The second-order valence-corrected chi connectivity index (χ2v) is 6.24. The first-order valence-electron chi connectivity index (χ1n) is 8.36. The molecule has 0 aliphatic carbocycles. The summed E-state index contributed by atoms with van der Waals surface area (Å²) in [7, 11) is 0. The van der Waals surface area contributed by atoms with E-state index in [1.807, 2.05) is 48.9 Å². The lowest BCUT2D eigenvalue weighted by Gasteiger charge is -2.18. The number of pyridine rings is 1. The molecule has 0 amide bonds. The lowest BCUT2D eigenvalue weighted by molar-refractivity contribution is 0.0921. The summed E-state index contributed by atoms with van der Waals surface area (Å²) >= 11 is 0. The summed E-state index contributed by atoms with van der Waals surface area (Å²) in [6, 6.07) is 9.81. The van der Waals surface area contributed by atoms with E-state index < -0.39 is 6.10 Å². The van der Waals surface area contributed by atoms with Crippen LogP contribution in [0.2, 0.25) is 0 Å². The van der Waals surface area contributed by atoms with Crippen molar-refractivity contribution in [3.63, 3.8) is 0 Å². The average Bonchev–Trinajstić information content (AvgIpc) is 3.07. The van der Waals surface area contributed by atoms with Gasteiger partial charge in [0.1, 0.15) is 24.2 Å². The second-order valence-electron chi connectivity index (χ2n) is 6.24. The van der Waals surface area contributed by atoms with Gasteiger partial charge in [-0.3, -0.25) is 4.98 Å². The van der Waals surface area contributed by atoms with Gasteiger partial charge in [-0.05, 0) is 49.6 Å². The van der Waals surface area contributed by atoms with Crippen LogP contribution in [0.4, 0.5) is 0 Å². The number of ether oxygens (including phenoxy) is 1. The first-order chi connectivity index (χ1) is 12.1. The molecule has 2 aromatic heterocycles. The van der Waals surface area contributed by atoms with Gasteiger partial charge in [0.05, 0.1) is 6.54 Å². The number of hydrogen-bond acceptors (Lipinski definition) is 4. The molecular weight excluding hydrogens is 314 g/mol. The minimum absolute atomic E-state index is 0.227. The van der Waals surface area contributed by atoms with E-state index in [9.17, 15) is 5.11 Å². The minimum Gasteiger partial charge on any atom is -0.490 e. The van der Waals surface area contributed by atoms with Crippen molar-refractivity contribution in [1.82, 2.24) is 14.5 Å². The highest BCUT2D eigenvalue weighted by Crippen LogP contribution is 2.26. The molecule has 25 heavy (non-hydrogen) atoms. The molecule has 5 nitrogen and oxygen atoms in total.